The summed E-state index contributed by atoms with van der Waals surface area (Å²) in [6.45, 7) is 2.50. The van der Waals surface area contributed by atoms with Gasteiger partial charge in [-0.25, -0.2) is 8.78 Å². The first-order valence-electron chi connectivity index (χ1n) is 6.48. The minimum atomic E-state index is -0.493. The van der Waals surface area contributed by atoms with Crippen LogP contribution in [-0.4, -0.2) is 19.8 Å². The molecule has 0 amide bonds. The fourth-order valence-electron chi connectivity index (χ4n) is 1.75. The molecule has 1 aromatic carbocycles. The van der Waals surface area contributed by atoms with E-state index in [4.69, 9.17) is 4.74 Å². The molecule has 0 aliphatic heterocycles. The Labute approximate surface area is 106 Å². The number of benzene rings is 1. The van der Waals surface area contributed by atoms with Crippen LogP contribution in [0.1, 0.15) is 24.8 Å². The zero-order valence-electron chi connectivity index (χ0n) is 10.4. The second-order valence-electron chi connectivity index (χ2n) is 4.75. The molecule has 1 aliphatic carbocycles. The lowest BCUT2D eigenvalue weighted by atomic mass is 10.2. The molecule has 1 N–H and O–H groups in total. The molecule has 0 heterocycles. The van der Waals surface area contributed by atoms with Crippen molar-refractivity contribution in [1.29, 1.82) is 0 Å². The Kier molecular flexibility index (Phi) is 5.08. The molecule has 0 saturated heterocycles. The molecule has 0 radical (unpaired) electrons. The van der Waals surface area contributed by atoms with Gasteiger partial charge in [0.15, 0.2) is 0 Å². The van der Waals surface area contributed by atoms with Gasteiger partial charge >= 0.3 is 0 Å². The van der Waals surface area contributed by atoms with Gasteiger partial charge in [-0.15, -0.1) is 0 Å². The van der Waals surface area contributed by atoms with Gasteiger partial charge in [-0.2, -0.15) is 0 Å². The summed E-state index contributed by atoms with van der Waals surface area (Å²) >= 11 is 0. The van der Waals surface area contributed by atoms with Crippen molar-refractivity contribution >= 4 is 0 Å². The van der Waals surface area contributed by atoms with E-state index < -0.39 is 11.6 Å². The molecule has 0 unspecified atom stereocenters. The van der Waals surface area contributed by atoms with Gasteiger partial charge < -0.3 is 10.1 Å². The predicted octanol–water partition coefficient (Wildman–Crippen LogP) is 2.87. The molecule has 0 atom stereocenters. The van der Waals surface area contributed by atoms with Crippen LogP contribution in [0.25, 0.3) is 0 Å². The lowest BCUT2D eigenvalue weighted by Crippen LogP contribution is -2.18. The largest absolute Gasteiger partial charge is 0.381 e. The van der Waals surface area contributed by atoms with Gasteiger partial charge in [0.25, 0.3) is 0 Å². The Morgan fingerprint density at radius 1 is 1.22 bits per heavy atom. The molecule has 1 saturated carbocycles. The molecule has 2 nitrogen and oxygen atoms in total. The Morgan fingerprint density at radius 2 is 1.94 bits per heavy atom. The summed E-state index contributed by atoms with van der Waals surface area (Å²) in [6, 6.07) is 3.93. The lowest BCUT2D eigenvalue weighted by Gasteiger charge is -2.07. The molecule has 0 bridgehead atoms. The standard InChI is InChI=1S/C14H19F2NO/c15-13-3-1-4-14(16)12(13)9-17-7-2-8-18-10-11-5-6-11/h1,3-4,11,17H,2,5-10H2. The van der Waals surface area contributed by atoms with E-state index in [0.717, 1.165) is 18.9 Å². The second-order valence-corrected chi connectivity index (χ2v) is 4.75. The summed E-state index contributed by atoms with van der Waals surface area (Å²) in [5.41, 5.74) is 0.108. The average Bonchev–Trinajstić information content (AvgIpc) is 3.15. The van der Waals surface area contributed by atoms with Crippen LogP contribution in [0, 0.1) is 17.6 Å². The van der Waals surface area contributed by atoms with Crippen molar-refractivity contribution in [1.82, 2.24) is 5.32 Å². The molecule has 1 fully saturated rings. The SMILES string of the molecule is Fc1cccc(F)c1CNCCCOCC1CC1. The first kappa shape index (κ1) is 13.4. The average molecular weight is 255 g/mol. The van der Waals surface area contributed by atoms with Gasteiger partial charge in [0, 0.05) is 25.3 Å². The maximum absolute atomic E-state index is 13.3. The number of rotatable bonds is 8. The number of ether oxygens (including phenoxy) is 1. The summed E-state index contributed by atoms with van der Waals surface area (Å²) in [7, 11) is 0. The third-order valence-corrected chi connectivity index (χ3v) is 3.06. The number of halogens is 2. The van der Waals surface area contributed by atoms with Crippen LogP contribution in [0.3, 0.4) is 0 Å². The van der Waals surface area contributed by atoms with Gasteiger partial charge in [0.1, 0.15) is 11.6 Å². The van der Waals surface area contributed by atoms with E-state index in [9.17, 15) is 8.78 Å². The topological polar surface area (TPSA) is 21.3 Å². The van der Waals surface area contributed by atoms with Gasteiger partial charge in [0.2, 0.25) is 0 Å². The quantitative estimate of drug-likeness (QED) is 0.721. The fourth-order valence-corrected chi connectivity index (χ4v) is 1.75. The predicted molar refractivity (Wildman–Crippen MR) is 66.2 cm³/mol. The zero-order valence-corrected chi connectivity index (χ0v) is 10.4. The third-order valence-electron chi connectivity index (χ3n) is 3.06. The van der Waals surface area contributed by atoms with Crippen LogP contribution in [-0.2, 0) is 11.3 Å². The molecule has 2 rings (SSSR count). The highest BCUT2D eigenvalue weighted by Gasteiger charge is 2.20. The maximum Gasteiger partial charge on any atom is 0.130 e. The van der Waals surface area contributed by atoms with Crippen molar-refractivity contribution in [3.8, 4) is 0 Å². The van der Waals surface area contributed by atoms with Crippen molar-refractivity contribution in [3.05, 3.63) is 35.4 Å². The monoisotopic (exact) mass is 255 g/mol. The summed E-state index contributed by atoms with van der Waals surface area (Å²) in [4.78, 5) is 0. The first-order chi connectivity index (χ1) is 8.77. The molecule has 1 aromatic rings. The minimum Gasteiger partial charge on any atom is -0.381 e. The van der Waals surface area contributed by atoms with Crippen molar-refractivity contribution in [3.63, 3.8) is 0 Å². The van der Waals surface area contributed by atoms with Gasteiger partial charge in [0.05, 0.1) is 0 Å². The van der Waals surface area contributed by atoms with Gasteiger partial charge in [-0.1, -0.05) is 6.07 Å². The van der Waals surface area contributed by atoms with E-state index in [1.54, 1.807) is 0 Å². The summed E-state index contributed by atoms with van der Waals surface area (Å²) < 4.78 is 32.0. The van der Waals surface area contributed by atoms with Crippen LogP contribution in [0.5, 0.6) is 0 Å². The summed E-state index contributed by atoms with van der Waals surface area (Å²) in [5, 5.41) is 3.03. The van der Waals surface area contributed by atoms with Crippen molar-refractivity contribution in [2.24, 2.45) is 5.92 Å². The van der Waals surface area contributed by atoms with Crippen molar-refractivity contribution < 1.29 is 13.5 Å². The molecule has 4 heteroatoms. The van der Waals surface area contributed by atoms with E-state index >= 15 is 0 Å². The van der Waals surface area contributed by atoms with Crippen LogP contribution >= 0.6 is 0 Å². The van der Waals surface area contributed by atoms with E-state index in [1.807, 2.05) is 0 Å². The molecule has 0 spiro atoms. The fraction of sp³-hybridized carbons (Fsp3) is 0.571. The minimum absolute atomic E-state index is 0.108. The van der Waals surface area contributed by atoms with Crippen LogP contribution in [0.4, 0.5) is 8.78 Å². The van der Waals surface area contributed by atoms with Crippen molar-refractivity contribution in [2.45, 2.75) is 25.8 Å². The molecular formula is C14H19F2NO. The maximum atomic E-state index is 13.3. The molecule has 18 heavy (non-hydrogen) atoms. The molecule has 1 aliphatic rings. The van der Waals surface area contributed by atoms with E-state index in [-0.39, 0.29) is 12.1 Å². The Hall–Kier alpha value is -1.00. The zero-order chi connectivity index (χ0) is 12.8. The van der Waals surface area contributed by atoms with Crippen LogP contribution in [0.15, 0.2) is 18.2 Å². The Balaban J connectivity index is 1.56. The van der Waals surface area contributed by atoms with E-state index in [2.05, 4.69) is 5.32 Å². The molecule has 100 valence electrons. The molecular weight excluding hydrogens is 236 g/mol. The number of hydrogen-bond donors (Lipinski definition) is 1. The Bertz CT molecular complexity index is 360. The number of hydrogen-bond acceptors (Lipinski definition) is 2. The highest BCUT2D eigenvalue weighted by molar-refractivity contribution is 5.19. The van der Waals surface area contributed by atoms with E-state index in [0.29, 0.717) is 13.2 Å². The summed E-state index contributed by atoms with van der Waals surface area (Å²) in [6.07, 6.45) is 3.46. The number of nitrogens with one attached hydrogen (secondary N) is 1. The summed E-state index contributed by atoms with van der Waals surface area (Å²) in [5.74, 6) is -0.203. The van der Waals surface area contributed by atoms with E-state index in [1.165, 1.54) is 31.0 Å². The first-order valence-corrected chi connectivity index (χ1v) is 6.48. The Morgan fingerprint density at radius 3 is 2.61 bits per heavy atom. The highest BCUT2D eigenvalue weighted by Crippen LogP contribution is 2.28. The second kappa shape index (κ2) is 6.81. The van der Waals surface area contributed by atoms with Crippen LogP contribution < -0.4 is 5.32 Å². The highest BCUT2D eigenvalue weighted by atomic mass is 19.1. The third kappa shape index (κ3) is 4.35. The van der Waals surface area contributed by atoms with Crippen LogP contribution in [0.2, 0.25) is 0 Å². The van der Waals surface area contributed by atoms with Gasteiger partial charge in [-0.3, -0.25) is 0 Å². The lowest BCUT2D eigenvalue weighted by molar-refractivity contribution is 0.122. The molecule has 0 aromatic heterocycles. The van der Waals surface area contributed by atoms with Gasteiger partial charge in [-0.05, 0) is 43.9 Å². The normalized spacial score (nSPS) is 15.0. The van der Waals surface area contributed by atoms with Crippen molar-refractivity contribution in [2.75, 3.05) is 19.8 Å². The smallest absolute Gasteiger partial charge is 0.130 e.